The van der Waals surface area contributed by atoms with Crippen molar-refractivity contribution in [2.24, 2.45) is 5.73 Å². The van der Waals surface area contributed by atoms with Gasteiger partial charge in [0.15, 0.2) is 11.6 Å². The Bertz CT molecular complexity index is 1090. The lowest BCUT2D eigenvalue weighted by Gasteiger charge is -2.38. The molecule has 32 heavy (non-hydrogen) atoms. The van der Waals surface area contributed by atoms with Gasteiger partial charge in [0.05, 0.1) is 23.9 Å². The van der Waals surface area contributed by atoms with Crippen LogP contribution in [0.5, 0.6) is 0 Å². The molecule has 2 aromatic heterocycles. The predicted molar refractivity (Wildman–Crippen MR) is 120 cm³/mol. The van der Waals surface area contributed by atoms with E-state index in [4.69, 9.17) is 10.5 Å². The van der Waals surface area contributed by atoms with Crippen molar-refractivity contribution >= 4 is 23.2 Å². The summed E-state index contributed by atoms with van der Waals surface area (Å²) in [5.41, 5.74) is 6.97. The predicted octanol–water partition coefficient (Wildman–Crippen LogP) is 2.06. The summed E-state index contributed by atoms with van der Waals surface area (Å²) in [5.74, 6) is -1.06. The van der Waals surface area contributed by atoms with Crippen LogP contribution >= 0.6 is 0 Å². The van der Waals surface area contributed by atoms with Crippen LogP contribution in [0.3, 0.4) is 0 Å². The van der Waals surface area contributed by atoms with Crippen molar-refractivity contribution in [1.82, 2.24) is 20.1 Å². The Morgan fingerprint density at radius 2 is 2.19 bits per heavy atom. The third kappa shape index (κ3) is 4.41. The monoisotopic (exact) mass is 439 g/mol. The number of rotatable bonds is 7. The van der Waals surface area contributed by atoms with Gasteiger partial charge in [0.25, 0.3) is 5.91 Å². The van der Waals surface area contributed by atoms with Crippen LogP contribution in [0.2, 0.25) is 0 Å². The molecule has 4 rings (SSSR count). The summed E-state index contributed by atoms with van der Waals surface area (Å²) < 4.78 is 22.3. The van der Waals surface area contributed by atoms with Gasteiger partial charge < -0.3 is 26.0 Å². The molecule has 1 saturated heterocycles. The van der Waals surface area contributed by atoms with E-state index in [-0.39, 0.29) is 29.3 Å². The minimum Gasteiger partial charge on any atom is -0.380 e. The molecule has 0 saturated carbocycles. The van der Waals surface area contributed by atoms with Crippen molar-refractivity contribution in [3.63, 3.8) is 0 Å². The van der Waals surface area contributed by atoms with Crippen molar-refractivity contribution < 1.29 is 13.9 Å². The number of nitrogens with two attached hydrogens (primary N) is 1. The third-order valence-corrected chi connectivity index (χ3v) is 5.62. The molecule has 10 heteroatoms. The van der Waals surface area contributed by atoms with Crippen LogP contribution in [0.4, 0.5) is 21.7 Å². The lowest BCUT2D eigenvalue weighted by molar-refractivity contribution is 0.0600. The molecule has 1 amide bonds. The second-order valence-electron chi connectivity index (χ2n) is 7.62. The number of nitrogens with zero attached hydrogens (tertiary/aromatic N) is 4. The Hall–Kier alpha value is -3.50. The molecule has 1 fully saturated rings. The molecule has 1 aromatic carbocycles. The number of halogens is 1. The van der Waals surface area contributed by atoms with Gasteiger partial charge in [-0.3, -0.25) is 4.79 Å². The summed E-state index contributed by atoms with van der Waals surface area (Å²) in [6, 6.07) is 10.4. The Morgan fingerprint density at radius 1 is 1.34 bits per heavy atom. The maximum Gasteiger partial charge on any atom is 0.252 e. The highest BCUT2D eigenvalue weighted by Gasteiger charge is 2.31. The molecule has 9 nitrogen and oxygen atoms in total. The number of likely N-dealkylation sites (N-methyl/N-ethyl adjacent to an activating group) is 2. The summed E-state index contributed by atoms with van der Waals surface area (Å²) in [6.07, 6.45) is 4.22. The zero-order chi connectivity index (χ0) is 22.7. The molecular weight excluding hydrogens is 413 g/mol. The number of hydrogen-bond acceptors (Lipinski definition) is 7. The van der Waals surface area contributed by atoms with E-state index in [9.17, 15) is 4.79 Å². The fourth-order valence-corrected chi connectivity index (χ4v) is 3.92. The number of anilines is 3. The van der Waals surface area contributed by atoms with Crippen molar-refractivity contribution in [2.75, 3.05) is 37.5 Å². The van der Waals surface area contributed by atoms with E-state index in [1.165, 1.54) is 0 Å². The highest BCUT2D eigenvalue weighted by Crippen LogP contribution is 2.29. The molecule has 1 aliphatic heterocycles. The van der Waals surface area contributed by atoms with Crippen LogP contribution in [0.25, 0.3) is 5.69 Å². The van der Waals surface area contributed by atoms with Crippen LogP contribution in [-0.4, -0.2) is 60.1 Å². The number of amides is 1. The second kappa shape index (κ2) is 9.33. The van der Waals surface area contributed by atoms with Gasteiger partial charge in [0, 0.05) is 37.8 Å². The van der Waals surface area contributed by atoms with E-state index >= 15 is 4.39 Å². The van der Waals surface area contributed by atoms with Crippen LogP contribution in [0, 0.1) is 5.82 Å². The normalized spacial score (nSPS) is 18.3. The van der Waals surface area contributed by atoms with E-state index in [0.717, 1.165) is 18.2 Å². The summed E-state index contributed by atoms with van der Waals surface area (Å²) in [7, 11) is 3.64. The molecule has 3 heterocycles. The fraction of sp³-hybridized carbons (Fsp3) is 0.318. The standard InChI is InChI=1S/C22H26FN7O2/c1-25-18-13-32-10-7-19(18)29(2)22-17(23)12-16(20(24)31)21(28-22)27-14-5-3-6-15(11-14)30-9-4-8-26-30/h3-6,8-9,11-12,18-19,25H,7,10,13H2,1-2H3,(H2,24,31)(H,27,28)/t18?,19-/m1/s1. The summed E-state index contributed by atoms with van der Waals surface area (Å²) in [4.78, 5) is 18.3. The number of carbonyl (C=O) groups is 1. The Labute approximate surface area is 185 Å². The lowest BCUT2D eigenvalue weighted by atomic mass is 10.0. The van der Waals surface area contributed by atoms with Crippen LogP contribution < -0.4 is 21.3 Å². The Balaban J connectivity index is 1.69. The quantitative estimate of drug-likeness (QED) is 0.517. The first-order valence-electron chi connectivity index (χ1n) is 10.3. The Kier molecular flexibility index (Phi) is 6.33. The molecule has 0 bridgehead atoms. The number of nitrogens with one attached hydrogen (secondary N) is 2. The average molecular weight is 439 g/mol. The molecule has 0 aliphatic carbocycles. The summed E-state index contributed by atoms with van der Waals surface area (Å²) >= 11 is 0. The van der Waals surface area contributed by atoms with Gasteiger partial charge in [-0.05, 0) is 43.8 Å². The number of benzene rings is 1. The molecule has 0 spiro atoms. The zero-order valence-corrected chi connectivity index (χ0v) is 18.0. The Morgan fingerprint density at radius 3 is 2.91 bits per heavy atom. The van der Waals surface area contributed by atoms with Gasteiger partial charge in [-0.2, -0.15) is 5.10 Å². The highest BCUT2D eigenvalue weighted by molar-refractivity contribution is 5.98. The zero-order valence-electron chi connectivity index (χ0n) is 18.0. The lowest BCUT2D eigenvalue weighted by Crippen LogP contribution is -2.53. The first-order valence-corrected chi connectivity index (χ1v) is 10.3. The minimum absolute atomic E-state index is 0.0212. The SMILES string of the molecule is CNC1COCC[C@H]1N(C)c1nc(Nc2cccc(-n3cccn3)c2)c(C(N)=O)cc1F. The smallest absolute Gasteiger partial charge is 0.252 e. The van der Waals surface area contributed by atoms with E-state index in [1.54, 1.807) is 22.8 Å². The van der Waals surface area contributed by atoms with Crippen LogP contribution in [0.1, 0.15) is 16.8 Å². The van der Waals surface area contributed by atoms with Gasteiger partial charge in [-0.25, -0.2) is 14.1 Å². The van der Waals surface area contributed by atoms with E-state index in [0.29, 0.717) is 18.9 Å². The number of pyridine rings is 1. The van der Waals surface area contributed by atoms with Gasteiger partial charge in [-0.1, -0.05) is 6.07 Å². The van der Waals surface area contributed by atoms with Crippen molar-refractivity contribution in [1.29, 1.82) is 0 Å². The van der Waals surface area contributed by atoms with Crippen LogP contribution in [0.15, 0.2) is 48.8 Å². The average Bonchev–Trinajstić information content (AvgIpc) is 3.34. The highest BCUT2D eigenvalue weighted by atomic mass is 19.1. The maximum atomic E-state index is 15.0. The topological polar surface area (TPSA) is 110 Å². The molecule has 3 aromatic rings. The molecule has 1 aliphatic rings. The first kappa shape index (κ1) is 21.7. The van der Waals surface area contributed by atoms with E-state index in [1.807, 2.05) is 43.6 Å². The van der Waals surface area contributed by atoms with E-state index in [2.05, 4.69) is 20.7 Å². The van der Waals surface area contributed by atoms with Crippen molar-refractivity contribution in [3.05, 3.63) is 60.2 Å². The van der Waals surface area contributed by atoms with Gasteiger partial charge in [0.2, 0.25) is 0 Å². The molecule has 0 radical (unpaired) electrons. The fourth-order valence-electron chi connectivity index (χ4n) is 3.92. The number of hydrogen-bond donors (Lipinski definition) is 3. The largest absolute Gasteiger partial charge is 0.380 e. The van der Waals surface area contributed by atoms with Crippen LogP contribution in [-0.2, 0) is 4.74 Å². The van der Waals surface area contributed by atoms with Crippen molar-refractivity contribution in [2.45, 2.75) is 18.5 Å². The summed E-state index contributed by atoms with van der Waals surface area (Å²) in [5, 5.41) is 10.6. The molecule has 2 atom stereocenters. The van der Waals surface area contributed by atoms with Gasteiger partial charge >= 0.3 is 0 Å². The van der Waals surface area contributed by atoms with Crippen molar-refractivity contribution in [3.8, 4) is 5.69 Å². The first-order chi connectivity index (χ1) is 15.5. The molecule has 4 N–H and O–H groups in total. The molecular formula is C22H26FN7O2. The summed E-state index contributed by atoms with van der Waals surface area (Å²) in [6.45, 7) is 1.11. The van der Waals surface area contributed by atoms with Gasteiger partial charge in [-0.15, -0.1) is 0 Å². The maximum absolute atomic E-state index is 15.0. The van der Waals surface area contributed by atoms with Gasteiger partial charge in [0.1, 0.15) is 5.82 Å². The molecule has 168 valence electrons. The third-order valence-electron chi connectivity index (χ3n) is 5.62. The minimum atomic E-state index is -0.768. The van der Waals surface area contributed by atoms with E-state index < -0.39 is 11.7 Å². The number of carbonyl (C=O) groups excluding carboxylic acids is 1. The number of aromatic nitrogens is 3. The molecule has 1 unspecified atom stereocenters. The number of primary amides is 1. The number of ether oxygens (including phenoxy) is 1. The second-order valence-corrected chi connectivity index (χ2v) is 7.62.